The number of rotatable bonds is 7. The maximum atomic E-state index is 12.5. The first-order valence-electron chi connectivity index (χ1n) is 8.44. The average molecular weight is 390 g/mol. The summed E-state index contributed by atoms with van der Waals surface area (Å²) in [6, 6.07) is 8.85. The molecule has 0 fully saturated rings. The Hall–Kier alpha value is -2.87. The van der Waals surface area contributed by atoms with Crippen molar-refractivity contribution in [2.75, 3.05) is 25.5 Å². The van der Waals surface area contributed by atoms with Crippen molar-refractivity contribution in [3.63, 3.8) is 0 Å². The van der Waals surface area contributed by atoms with Crippen molar-refractivity contribution in [1.29, 1.82) is 0 Å². The molecule has 0 saturated heterocycles. The minimum atomic E-state index is -0.982. The van der Waals surface area contributed by atoms with Crippen molar-refractivity contribution >= 4 is 34.3 Å². The lowest BCUT2D eigenvalue weighted by molar-refractivity contribution is -0.141. The highest BCUT2D eigenvalue weighted by atomic mass is 32.1. The number of aliphatic carboxylic acids is 1. The molecule has 8 heteroatoms. The molecular formula is C19H22N2O5S. The number of ether oxygens (including phenoxy) is 1. The Labute approximate surface area is 161 Å². The Kier molecular flexibility index (Phi) is 6.95. The van der Waals surface area contributed by atoms with Crippen molar-refractivity contribution in [3.8, 4) is 11.1 Å². The number of anilines is 1. The van der Waals surface area contributed by atoms with Crippen LogP contribution in [0.4, 0.5) is 9.80 Å². The molecule has 0 aliphatic carbocycles. The molecule has 7 nitrogen and oxygen atoms in total. The first-order valence-corrected chi connectivity index (χ1v) is 9.32. The third kappa shape index (κ3) is 5.07. The van der Waals surface area contributed by atoms with E-state index >= 15 is 0 Å². The van der Waals surface area contributed by atoms with Crippen LogP contribution in [-0.4, -0.2) is 48.2 Å². The lowest BCUT2D eigenvalue weighted by Crippen LogP contribution is -2.36. The SMILES string of the molecule is CCOC(=O)c1c(-c2ccccc2)csc1NC(=O)N(C)CC(C)C(=O)O. The van der Waals surface area contributed by atoms with Crippen LogP contribution >= 0.6 is 11.3 Å². The quantitative estimate of drug-likeness (QED) is 0.702. The summed E-state index contributed by atoms with van der Waals surface area (Å²) >= 11 is 1.22. The van der Waals surface area contributed by atoms with Crippen LogP contribution in [-0.2, 0) is 9.53 Å². The van der Waals surface area contributed by atoms with Gasteiger partial charge in [-0.1, -0.05) is 37.3 Å². The fraction of sp³-hybridized carbons (Fsp3) is 0.316. The number of carboxylic acids is 1. The van der Waals surface area contributed by atoms with Crippen molar-refractivity contribution < 1.29 is 24.2 Å². The fourth-order valence-corrected chi connectivity index (χ4v) is 3.40. The zero-order valence-corrected chi connectivity index (χ0v) is 16.2. The highest BCUT2D eigenvalue weighted by Crippen LogP contribution is 2.36. The van der Waals surface area contributed by atoms with E-state index in [9.17, 15) is 14.4 Å². The second-order valence-electron chi connectivity index (χ2n) is 5.99. The van der Waals surface area contributed by atoms with Crippen LogP contribution in [0.3, 0.4) is 0 Å². The predicted octanol–water partition coefficient (Wildman–Crippen LogP) is 3.78. The maximum absolute atomic E-state index is 12.5. The maximum Gasteiger partial charge on any atom is 0.341 e. The van der Waals surface area contributed by atoms with E-state index in [1.54, 1.807) is 12.3 Å². The van der Waals surface area contributed by atoms with Crippen LogP contribution in [0.15, 0.2) is 35.7 Å². The fourth-order valence-electron chi connectivity index (χ4n) is 2.45. The molecule has 144 valence electrons. The molecule has 1 atom stereocenters. The van der Waals surface area contributed by atoms with Crippen LogP contribution in [0, 0.1) is 5.92 Å². The Morgan fingerprint density at radius 3 is 2.52 bits per heavy atom. The minimum Gasteiger partial charge on any atom is -0.481 e. The Bertz CT molecular complexity index is 819. The lowest BCUT2D eigenvalue weighted by atomic mass is 10.0. The number of nitrogens with one attached hydrogen (secondary N) is 1. The zero-order chi connectivity index (χ0) is 20.0. The molecule has 1 aromatic carbocycles. The summed E-state index contributed by atoms with van der Waals surface area (Å²) < 4.78 is 5.15. The summed E-state index contributed by atoms with van der Waals surface area (Å²) in [6.07, 6.45) is 0. The van der Waals surface area contributed by atoms with Gasteiger partial charge in [0.2, 0.25) is 0 Å². The molecule has 2 rings (SSSR count). The van der Waals surface area contributed by atoms with Gasteiger partial charge in [0.15, 0.2) is 0 Å². The average Bonchev–Trinajstić information content (AvgIpc) is 3.06. The summed E-state index contributed by atoms with van der Waals surface area (Å²) in [4.78, 5) is 37.2. The summed E-state index contributed by atoms with van der Waals surface area (Å²) in [5, 5.41) is 13.8. The first-order chi connectivity index (χ1) is 12.8. The van der Waals surface area contributed by atoms with Crippen LogP contribution in [0.5, 0.6) is 0 Å². The van der Waals surface area contributed by atoms with E-state index in [2.05, 4.69) is 5.32 Å². The second kappa shape index (κ2) is 9.18. The molecule has 0 bridgehead atoms. The summed E-state index contributed by atoms with van der Waals surface area (Å²) in [7, 11) is 1.50. The van der Waals surface area contributed by atoms with Gasteiger partial charge >= 0.3 is 18.0 Å². The summed E-state index contributed by atoms with van der Waals surface area (Å²) in [5.74, 6) is -2.20. The monoisotopic (exact) mass is 390 g/mol. The Morgan fingerprint density at radius 2 is 1.93 bits per heavy atom. The molecule has 1 unspecified atom stereocenters. The molecule has 2 amide bonds. The molecule has 2 aromatic rings. The first kappa shape index (κ1) is 20.4. The van der Waals surface area contributed by atoms with Gasteiger partial charge in [0.25, 0.3) is 0 Å². The van der Waals surface area contributed by atoms with Gasteiger partial charge in [0.05, 0.1) is 12.5 Å². The number of carbonyl (C=O) groups excluding carboxylic acids is 2. The van der Waals surface area contributed by atoms with E-state index in [0.717, 1.165) is 5.56 Å². The number of carboxylic acid groups (broad SMARTS) is 1. The lowest BCUT2D eigenvalue weighted by Gasteiger charge is -2.20. The number of amides is 2. The second-order valence-corrected chi connectivity index (χ2v) is 6.87. The molecule has 0 spiro atoms. The predicted molar refractivity (Wildman–Crippen MR) is 104 cm³/mol. The largest absolute Gasteiger partial charge is 0.481 e. The minimum absolute atomic E-state index is 0.0484. The van der Waals surface area contributed by atoms with Gasteiger partial charge in [0.1, 0.15) is 10.6 Å². The number of hydrogen-bond donors (Lipinski definition) is 2. The Balaban J connectivity index is 2.28. The summed E-state index contributed by atoms with van der Waals surface area (Å²) in [5.41, 5.74) is 1.81. The van der Waals surface area contributed by atoms with Crippen LogP contribution in [0.25, 0.3) is 11.1 Å². The highest BCUT2D eigenvalue weighted by Gasteiger charge is 2.24. The van der Waals surface area contributed by atoms with E-state index in [4.69, 9.17) is 9.84 Å². The van der Waals surface area contributed by atoms with Crippen LogP contribution < -0.4 is 5.32 Å². The molecule has 2 N–H and O–H groups in total. The molecule has 0 radical (unpaired) electrons. The van der Waals surface area contributed by atoms with E-state index in [-0.39, 0.29) is 13.2 Å². The number of urea groups is 1. The van der Waals surface area contributed by atoms with Crippen molar-refractivity contribution in [3.05, 3.63) is 41.3 Å². The highest BCUT2D eigenvalue weighted by molar-refractivity contribution is 7.15. The standard InChI is InChI=1S/C19H22N2O5S/c1-4-26-18(24)15-14(13-8-6-5-7-9-13)11-27-16(15)20-19(25)21(3)10-12(2)17(22)23/h5-9,11-12H,4,10H2,1-3H3,(H,20,25)(H,22,23). The molecule has 0 aliphatic rings. The number of esters is 1. The zero-order valence-electron chi connectivity index (χ0n) is 15.4. The van der Waals surface area contributed by atoms with Gasteiger partial charge < -0.3 is 14.7 Å². The van der Waals surface area contributed by atoms with E-state index in [1.807, 2.05) is 30.3 Å². The van der Waals surface area contributed by atoms with Crippen molar-refractivity contribution in [2.45, 2.75) is 13.8 Å². The van der Waals surface area contributed by atoms with E-state index in [0.29, 0.717) is 16.1 Å². The smallest absolute Gasteiger partial charge is 0.341 e. The number of thiophene rings is 1. The number of benzene rings is 1. The molecular weight excluding hydrogens is 368 g/mol. The molecule has 27 heavy (non-hydrogen) atoms. The molecule has 0 saturated carbocycles. The number of hydrogen-bond acceptors (Lipinski definition) is 5. The van der Waals surface area contributed by atoms with Crippen LogP contribution in [0.1, 0.15) is 24.2 Å². The molecule has 0 aliphatic heterocycles. The number of nitrogens with zero attached hydrogens (tertiary/aromatic N) is 1. The van der Waals surface area contributed by atoms with Crippen molar-refractivity contribution in [2.24, 2.45) is 5.92 Å². The van der Waals surface area contributed by atoms with Gasteiger partial charge in [-0.3, -0.25) is 10.1 Å². The Morgan fingerprint density at radius 1 is 1.26 bits per heavy atom. The van der Waals surface area contributed by atoms with Crippen LogP contribution in [0.2, 0.25) is 0 Å². The molecule has 1 heterocycles. The van der Waals surface area contributed by atoms with Crippen molar-refractivity contribution in [1.82, 2.24) is 4.90 Å². The summed E-state index contributed by atoms with van der Waals surface area (Å²) in [6.45, 7) is 3.50. The van der Waals surface area contributed by atoms with E-state index in [1.165, 1.54) is 30.2 Å². The van der Waals surface area contributed by atoms with Gasteiger partial charge in [-0.25, -0.2) is 9.59 Å². The third-order valence-electron chi connectivity index (χ3n) is 3.89. The van der Waals surface area contributed by atoms with E-state index < -0.39 is 23.9 Å². The van der Waals surface area contributed by atoms with Gasteiger partial charge in [-0.2, -0.15) is 0 Å². The number of carbonyl (C=O) groups is 3. The topological polar surface area (TPSA) is 95.9 Å². The van der Waals surface area contributed by atoms with Gasteiger partial charge in [0, 0.05) is 24.5 Å². The van der Waals surface area contributed by atoms with Gasteiger partial charge in [-0.15, -0.1) is 11.3 Å². The van der Waals surface area contributed by atoms with Gasteiger partial charge in [-0.05, 0) is 12.5 Å². The normalized spacial score (nSPS) is 11.5. The molecule has 1 aromatic heterocycles. The third-order valence-corrected chi connectivity index (χ3v) is 4.79.